The summed E-state index contributed by atoms with van der Waals surface area (Å²) in [6.07, 6.45) is 2.17. The van der Waals surface area contributed by atoms with E-state index < -0.39 is 0 Å². The van der Waals surface area contributed by atoms with Crippen LogP contribution in [-0.4, -0.2) is 28.8 Å². The molecule has 2 rings (SSSR count). The molecule has 0 atom stereocenters. The highest BCUT2D eigenvalue weighted by molar-refractivity contribution is 5.68. The highest BCUT2D eigenvalue weighted by atomic mass is 16.5. The summed E-state index contributed by atoms with van der Waals surface area (Å²) in [6, 6.07) is 5.94. The lowest BCUT2D eigenvalue weighted by atomic mass is 10.0. The van der Waals surface area contributed by atoms with Crippen LogP contribution in [0, 0.1) is 13.8 Å². The van der Waals surface area contributed by atoms with Crippen LogP contribution in [0.25, 0.3) is 11.3 Å². The predicted octanol–water partition coefficient (Wildman–Crippen LogP) is 2.30. The molecule has 0 saturated carbocycles. The number of aliphatic hydroxyl groups is 1. The molecule has 0 spiro atoms. The molecule has 1 N–H and O–H groups in total. The fraction of sp³-hybridized carbons (Fsp3) is 0.333. The first-order chi connectivity index (χ1) is 9.15. The Kier molecular flexibility index (Phi) is 4.12. The molecule has 1 aromatic heterocycles. The molecule has 100 valence electrons. The molecule has 0 amide bonds. The van der Waals surface area contributed by atoms with Crippen molar-refractivity contribution in [3.8, 4) is 17.0 Å². The smallest absolute Gasteiger partial charge is 0.131 e. The van der Waals surface area contributed by atoms with Gasteiger partial charge < -0.3 is 9.84 Å². The van der Waals surface area contributed by atoms with Crippen LogP contribution in [0.4, 0.5) is 0 Å². The van der Waals surface area contributed by atoms with Gasteiger partial charge in [0.2, 0.25) is 0 Å². The second-order valence-electron chi connectivity index (χ2n) is 4.47. The summed E-state index contributed by atoms with van der Waals surface area (Å²) < 4.78 is 5.43. The van der Waals surface area contributed by atoms with Gasteiger partial charge in [0.15, 0.2) is 0 Å². The Morgan fingerprint density at radius 2 is 1.95 bits per heavy atom. The lowest BCUT2D eigenvalue weighted by molar-refractivity contribution is 0.296. The third kappa shape index (κ3) is 2.90. The number of aliphatic hydroxyl groups excluding tert-OH is 1. The van der Waals surface area contributed by atoms with Crippen molar-refractivity contribution in [2.45, 2.75) is 20.3 Å². The fourth-order valence-corrected chi connectivity index (χ4v) is 1.93. The van der Waals surface area contributed by atoms with E-state index in [4.69, 9.17) is 9.84 Å². The standard InChI is InChI=1S/C15H18N2O2/c1-10-8-12(14(19-3)9-11(10)2)13-4-6-16-15(17-13)5-7-18/h4,6,8-9,18H,5,7H2,1-3H3. The minimum absolute atomic E-state index is 0.0491. The first kappa shape index (κ1) is 13.5. The van der Waals surface area contributed by atoms with E-state index in [-0.39, 0.29) is 6.61 Å². The summed E-state index contributed by atoms with van der Waals surface area (Å²) in [4.78, 5) is 8.60. The van der Waals surface area contributed by atoms with Gasteiger partial charge in [-0.25, -0.2) is 9.97 Å². The maximum absolute atomic E-state index is 8.96. The molecule has 0 bridgehead atoms. The Balaban J connectivity index is 2.51. The zero-order valence-corrected chi connectivity index (χ0v) is 11.5. The van der Waals surface area contributed by atoms with Gasteiger partial charge in [0, 0.05) is 18.2 Å². The van der Waals surface area contributed by atoms with Crippen LogP contribution in [0.15, 0.2) is 24.4 Å². The number of methoxy groups -OCH3 is 1. The third-order valence-corrected chi connectivity index (χ3v) is 3.13. The van der Waals surface area contributed by atoms with Gasteiger partial charge in [-0.3, -0.25) is 0 Å². The fourth-order valence-electron chi connectivity index (χ4n) is 1.93. The minimum Gasteiger partial charge on any atom is -0.496 e. The molecule has 1 aromatic carbocycles. The highest BCUT2D eigenvalue weighted by Crippen LogP contribution is 2.31. The van der Waals surface area contributed by atoms with E-state index in [0.717, 1.165) is 17.0 Å². The average molecular weight is 258 g/mol. The quantitative estimate of drug-likeness (QED) is 0.914. The van der Waals surface area contributed by atoms with Crippen molar-refractivity contribution in [2.75, 3.05) is 13.7 Å². The number of nitrogens with zero attached hydrogens (tertiary/aromatic N) is 2. The van der Waals surface area contributed by atoms with Crippen molar-refractivity contribution in [2.24, 2.45) is 0 Å². The number of aromatic nitrogens is 2. The van der Waals surface area contributed by atoms with E-state index >= 15 is 0 Å². The lowest BCUT2D eigenvalue weighted by Gasteiger charge is -2.11. The molecular formula is C15H18N2O2. The molecule has 0 unspecified atom stereocenters. The van der Waals surface area contributed by atoms with Crippen molar-refractivity contribution in [3.63, 3.8) is 0 Å². The minimum atomic E-state index is 0.0491. The van der Waals surface area contributed by atoms with Gasteiger partial charge in [-0.2, -0.15) is 0 Å². The first-order valence-electron chi connectivity index (χ1n) is 6.24. The Morgan fingerprint density at radius 3 is 2.63 bits per heavy atom. The van der Waals surface area contributed by atoms with Crippen LogP contribution in [0.5, 0.6) is 5.75 Å². The van der Waals surface area contributed by atoms with Crippen LogP contribution in [0.2, 0.25) is 0 Å². The molecule has 0 saturated heterocycles. The maximum atomic E-state index is 8.96. The van der Waals surface area contributed by atoms with Crippen LogP contribution >= 0.6 is 0 Å². The zero-order valence-electron chi connectivity index (χ0n) is 11.5. The highest BCUT2D eigenvalue weighted by Gasteiger charge is 2.10. The van der Waals surface area contributed by atoms with Crippen molar-refractivity contribution >= 4 is 0 Å². The number of rotatable bonds is 4. The molecule has 4 heteroatoms. The Morgan fingerprint density at radius 1 is 1.21 bits per heavy atom. The molecule has 0 aliphatic heterocycles. The second-order valence-corrected chi connectivity index (χ2v) is 4.47. The molecule has 0 aliphatic carbocycles. The van der Waals surface area contributed by atoms with E-state index in [1.54, 1.807) is 13.3 Å². The Hall–Kier alpha value is -1.94. The summed E-state index contributed by atoms with van der Waals surface area (Å²) in [6.45, 7) is 4.17. The van der Waals surface area contributed by atoms with Gasteiger partial charge >= 0.3 is 0 Å². The van der Waals surface area contributed by atoms with Crippen LogP contribution in [0.3, 0.4) is 0 Å². The van der Waals surface area contributed by atoms with Crippen molar-refractivity contribution in [1.29, 1.82) is 0 Å². The number of hydrogen-bond donors (Lipinski definition) is 1. The van der Waals surface area contributed by atoms with Gasteiger partial charge in [0.1, 0.15) is 11.6 Å². The van der Waals surface area contributed by atoms with E-state index in [1.165, 1.54) is 11.1 Å². The van der Waals surface area contributed by atoms with E-state index in [2.05, 4.69) is 29.9 Å². The third-order valence-electron chi connectivity index (χ3n) is 3.13. The molecule has 0 fully saturated rings. The molecule has 1 heterocycles. The molecule has 19 heavy (non-hydrogen) atoms. The monoisotopic (exact) mass is 258 g/mol. The first-order valence-corrected chi connectivity index (χ1v) is 6.24. The molecule has 4 nitrogen and oxygen atoms in total. The molecule has 0 aliphatic rings. The summed E-state index contributed by atoms with van der Waals surface area (Å²) in [5, 5.41) is 8.96. The lowest BCUT2D eigenvalue weighted by Crippen LogP contribution is -2.00. The van der Waals surface area contributed by atoms with E-state index in [9.17, 15) is 0 Å². The van der Waals surface area contributed by atoms with E-state index in [1.807, 2.05) is 12.1 Å². The number of aryl methyl sites for hydroxylation is 2. The molecule has 0 radical (unpaired) electrons. The topological polar surface area (TPSA) is 55.2 Å². The predicted molar refractivity (Wildman–Crippen MR) is 74.3 cm³/mol. The average Bonchev–Trinajstić information content (AvgIpc) is 2.42. The Labute approximate surface area is 113 Å². The van der Waals surface area contributed by atoms with E-state index in [0.29, 0.717) is 12.2 Å². The van der Waals surface area contributed by atoms with Gasteiger partial charge in [-0.1, -0.05) is 0 Å². The normalized spacial score (nSPS) is 10.5. The van der Waals surface area contributed by atoms with Crippen molar-refractivity contribution in [1.82, 2.24) is 9.97 Å². The summed E-state index contributed by atoms with van der Waals surface area (Å²) in [5.74, 6) is 1.44. The molecular weight excluding hydrogens is 240 g/mol. The van der Waals surface area contributed by atoms with Gasteiger partial charge in [-0.05, 0) is 43.2 Å². The SMILES string of the molecule is COc1cc(C)c(C)cc1-c1ccnc(CCO)n1. The number of hydrogen-bond acceptors (Lipinski definition) is 4. The Bertz CT molecular complexity index is 582. The second kappa shape index (κ2) is 5.80. The number of ether oxygens (including phenoxy) is 1. The van der Waals surface area contributed by atoms with Gasteiger partial charge in [0.25, 0.3) is 0 Å². The van der Waals surface area contributed by atoms with Crippen LogP contribution in [-0.2, 0) is 6.42 Å². The summed E-state index contributed by atoms with van der Waals surface area (Å²) in [7, 11) is 1.66. The maximum Gasteiger partial charge on any atom is 0.131 e. The summed E-state index contributed by atoms with van der Waals surface area (Å²) >= 11 is 0. The van der Waals surface area contributed by atoms with Gasteiger partial charge in [0.05, 0.1) is 19.4 Å². The number of benzene rings is 1. The summed E-state index contributed by atoms with van der Waals surface area (Å²) in [5.41, 5.74) is 4.15. The zero-order chi connectivity index (χ0) is 13.8. The van der Waals surface area contributed by atoms with Crippen molar-refractivity contribution in [3.05, 3.63) is 41.3 Å². The van der Waals surface area contributed by atoms with Crippen LogP contribution in [0.1, 0.15) is 17.0 Å². The largest absolute Gasteiger partial charge is 0.496 e. The molecule has 2 aromatic rings. The van der Waals surface area contributed by atoms with Crippen LogP contribution < -0.4 is 4.74 Å². The van der Waals surface area contributed by atoms with Gasteiger partial charge in [-0.15, -0.1) is 0 Å². The van der Waals surface area contributed by atoms with Crippen molar-refractivity contribution < 1.29 is 9.84 Å².